The predicted octanol–water partition coefficient (Wildman–Crippen LogP) is 1.68. The highest BCUT2D eigenvalue weighted by Gasteiger charge is 2.02. The maximum atomic E-state index is 11.1. The van der Waals surface area contributed by atoms with Crippen LogP contribution in [0, 0.1) is 0 Å². The van der Waals surface area contributed by atoms with Gasteiger partial charge in [-0.25, -0.2) is 4.98 Å². The van der Waals surface area contributed by atoms with Gasteiger partial charge in [0.1, 0.15) is 5.65 Å². The van der Waals surface area contributed by atoms with Gasteiger partial charge in [0, 0.05) is 12.6 Å². The smallest absolute Gasteiger partial charge is 0.225 e. The molecule has 0 aliphatic heterocycles. The summed E-state index contributed by atoms with van der Waals surface area (Å²) in [4.78, 5) is 15.3. The fraction of sp³-hybridized carbons (Fsp3) is 0.200. The summed E-state index contributed by atoms with van der Waals surface area (Å²) in [5.74, 6) is 0.580. The number of nitrogens with one attached hydrogen (secondary N) is 1. The molecule has 0 aliphatic rings. The molecule has 0 fully saturated rings. The van der Waals surface area contributed by atoms with Crippen LogP contribution in [-0.2, 0) is 4.79 Å². The number of carbonyl (C=O) groups is 1. The van der Waals surface area contributed by atoms with Crippen LogP contribution in [0.2, 0.25) is 0 Å². The summed E-state index contributed by atoms with van der Waals surface area (Å²) >= 11 is 0. The lowest BCUT2D eigenvalue weighted by Crippen LogP contribution is -2.09. The third kappa shape index (κ3) is 1.59. The molecule has 0 atom stereocenters. The van der Waals surface area contributed by atoms with Crippen LogP contribution in [0.25, 0.3) is 5.65 Å². The van der Waals surface area contributed by atoms with E-state index in [1.54, 1.807) is 6.20 Å². The van der Waals surface area contributed by atoms with Gasteiger partial charge in [-0.1, -0.05) is 13.0 Å². The molecule has 0 saturated carbocycles. The van der Waals surface area contributed by atoms with E-state index in [9.17, 15) is 4.79 Å². The second-order valence-electron chi connectivity index (χ2n) is 2.99. The van der Waals surface area contributed by atoms with E-state index in [0.29, 0.717) is 12.2 Å². The molecule has 4 nitrogen and oxygen atoms in total. The molecular weight excluding hydrogens is 178 g/mol. The van der Waals surface area contributed by atoms with Crippen molar-refractivity contribution in [3.63, 3.8) is 0 Å². The largest absolute Gasteiger partial charge is 0.309 e. The Hall–Kier alpha value is -1.84. The Bertz CT molecular complexity index is 428. The lowest BCUT2D eigenvalue weighted by atomic mass is 10.4. The van der Waals surface area contributed by atoms with Gasteiger partial charge in [0.2, 0.25) is 5.91 Å². The topological polar surface area (TPSA) is 46.4 Å². The molecule has 0 spiro atoms. The number of rotatable bonds is 2. The number of hydrogen-bond donors (Lipinski definition) is 1. The Kier molecular flexibility index (Phi) is 2.18. The molecule has 0 unspecified atom stereocenters. The predicted molar refractivity (Wildman–Crippen MR) is 54.1 cm³/mol. The molecule has 2 aromatic rings. The molecule has 2 aromatic heterocycles. The zero-order chi connectivity index (χ0) is 9.97. The second kappa shape index (κ2) is 3.49. The molecule has 0 aliphatic carbocycles. The zero-order valence-corrected chi connectivity index (χ0v) is 7.90. The third-order valence-electron chi connectivity index (χ3n) is 1.95. The quantitative estimate of drug-likeness (QED) is 0.781. The zero-order valence-electron chi connectivity index (χ0n) is 7.90. The minimum Gasteiger partial charge on any atom is -0.309 e. The van der Waals surface area contributed by atoms with E-state index in [1.165, 1.54) is 0 Å². The van der Waals surface area contributed by atoms with Crippen LogP contribution in [-0.4, -0.2) is 15.3 Å². The number of carbonyl (C=O) groups excluding carboxylic acids is 1. The van der Waals surface area contributed by atoms with Crippen molar-refractivity contribution in [1.29, 1.82) is 0 Å². The first-order chi connectivity index (χ1) is 6.79. The normalized spacial score (nSPS) is 10.4. The van der Waals surface area contributed by atoms with Gasteiger partial charge in [-0.3, -0.25) is 4.79 Å². The number of nitrogens with zero attached hydrogens (tertiary/aromatic N) is 2. The van der Waals surface area contributed by atoms with Gasteiger partial charge >= 0.3 is 0 Å². The number of amides is 1. The van der Waals surface area contributed by atoms with Gasteiger partial charge in [0.25, 0.3) is 0 Å². The van der Waals surface area contributed by atoms with Crippen molar-refractivity contribution in [2.24, 2.45) is 0 Å². The number of hydrogen-bond acceptors (Lipinski definition) is 2. The first-order valence-corrected chi connectivity index (χ1v) is 4.53. The minimum atomic E-state index is -0.0200. The van der Waals surface area contributed by atoms with Crippen LogP contribution in [0.1, 0.15) is 13.3 Å². The number of pyridine rings is 1. The summed E-state index contributed by atoms with van der Waals surface area (Å²) < 4.78 is 1.87. The fourth-order valence-corrected chi connectivity index (χ4v) is 1.23. The average Bonchev–Trinajstić information content (AvgIpc) is 2.59. The van der Waals surface area contributed by atoms with Gasteiger partial charge in [0.15, 0.2) is 5.82 Å². The summed E-state index contributed by atoms with van der Waals surface area (Å²) in [7, 11) is 0. The first-order valence-electron chi connectivity index (χ1n) is 4.53. The summed E-state index contributed by atoms with van der Waals surface area (Å²) in [6, 6.07) is 5.72. The summed E-state index contributed by atoms with van der Waals surface area (Å²) in [6.07, 6.45) is 4.15. The molecule has 4 heteroatoms. The number of imidazole rings is 1. The lowest BCUT2D eigenvalue weighted by molar-refractivity contribution is -0.115. The van der Waals surface area contributed by atoms with Crippen molar-refractivity contribution in [2.75, 3.05) is 5.32 Å². The second-order valence-corrected chi connectivity index (χ2v) is 2.99. The lowest BCUT2D eigenvalue weighted by Gasteiger charge is -1.95. The molecule has 0 aromatic carbocycles. The van der Waals surface area contributed by atoms with Crippen molar-refractivity contribution < 1.29 is 4.79 Å². The highest BCUT2D eigenvalue weighted by molar-refractivity contribution is 5.89. The minimum absolute atomic E-state index is 0.0200. The number of aromatic nitrogens is 2. The van der Waals surface area contributed by atoms with Crippen LogP contribution in [0.15, 0.2) is 30.6 Å². The van der Waals surface area contributed by atoms with Crippen molar-refractivity contribution in [2.45, 2.75) is 13.3 Å². The van der Waals surface area contributed by atoms with E-state index in [2.05, 4.69) is 10.3 Å². The standard InChI is InChI=1S/C10H11N3O/c1-2-10(14)12-8-7-13-6-4-3-5-9(13)11-8/h3-7H,2H2,1H3,(H,12,14). The molecule has 1 amide bonds. The molecular formula is C10H11N3O. The van der Waals surface area contributed by atoms with Crippen molar-refractivity contribution in [1.82, 2.24) is 9.38 Å². The van der Waals surface area contributed by atoms with Gasteiger partial charge in [-0.15, -0.1) is 0 Å². The number of anilines is 1. The molecule has 0 bridgehead atoms. The van der Waals surface area contributed by atoms with E-state index < -0.39 is 0 Å². The SMILES string of the molecule is CCC(=O)Nc1cn2ccccc2n1. The molecule has 72 valence electrons. The molecule has 14 heavy (non-hydrogen) atoms. The maximum Gasteiger partial charge on any atom is 0.225 e. The monoisotopic (exact) mass is 189 g/mol. The van der Waals surface area contributed by atoms with Crippen molar-refractivity contribution in [3.05, 3.63) is 30.6 Å². The van der Waals surface area contributed by atoms with Crippen molar-refractivity contribution >= 4 is 17.4 Å². The summed E-state index contributed by atoms with van der Waals surface area (Å²) in [5.41, 5.74) is 0.832. The maximum absolute atomic E-state index is 11.1. The molecule has 1 N–H and O–H groups in total. The molecule has 2 rings (SSSR count). The summed E-state index contributed by atoms with van der Waals surface area (Å²) in [5, 5.41) is 2.71. The van der Waals surface area contributed by atoms with Gasteiger partial charge in [0.05, 0.1) is 6.20 Å². The molecule has 0 radical (unpaired) electrons. The first kappa shape index (κ1) is 8.74. The Morgan fingerprint density at radius 1 is 1.57 bits per heavy atom. The van der Waals surface area contributed by atoms with E-state index in [4.69, 9.17) is 0 Å². The van der Waals surface area contributed by atoms with E-state index in [0.717, 1.165) is 5.65 Å². The van der Waals surface area contributed by atoms with Crippen LogP contribution in [0.5, 0.6) is 0 Å². The third-order valence-corrected chi connectivity index (χ3v) is 1.95. The van der Waals surface area contributed by atoms with Gasteiger partial charge in [-0.2, -0.15) is 0 Å². The summed E-state index contributed by atoms with van der Waals surface area (Å²) in [6.45, 7) is 1.81. The highest BCUT2D eigenvalue weighted by atomic mass is 16.1. The Labute approximate surface area is 81.6 Å². The van der Waals surface area contributed by atoms with Gasteiger partial charge in [-0.05, 0) is 12.1 Å². The number of fused-ring (bicyclic) bond motifs is 1. The Morgan fingerprint density at radius 3 is 3.14 bits per heavy atom. The van der Waals surface area contributed by atoms with Gasteiger partial charge < -0.3 is 9.72 Å². The highest BCUT2D eigenvalue weighted by Crippen LogP contribution is 2.08. The van der Waals surface area contributed by atoms with Crippen molar-refractivity contribution in [3.8, 4) is 0 Å². The van der Waals surface area contributed by atoms with E-state index >= 15 is 0 Å². The van der Waals surface area contributed by atoms with Crippen LogP contribution in [0.3, 0.4) is 0 Å². The molecule has 0 saturated heterocycles. The molecule has 2 heterocycles. The average molecular weight is 189 g/mol. The van der Waals surface area contributed by atoms with Crippen LogP contribution >= 0.6 is 0 Å². The van der Waals surface area contributed by atoms with Crippen LogP contribution < -0.4 is 5.32 Å². The van der Waals surface area contributed by atoms with Crippen LogP contribution in [0.4, 0.5) is 5.82 Å². The Balaban J connectivity index is 2.31. The van der Waals surface area contributed by atoms with E-state index in [-0.39, 0.29) is 5.91 Å². The fourth-order valence-electron chi connectivity index (χ4n) is 1.23. The Morgan fingerprint density at radius 2 is 2.43 bits per heavy atom. The van der Waals surface area contributed by atoms with E-state index in [1.807, 2.05) is 35.7 Å².